The Morgan fingerprint density at radius 2 is 2.19 bits per heavy atom. The summed E-state index contributed by atoms with van der Waals surface area (Å²) < 4.78 is 7.23. The van der Waals surface area contributed by atoms with Crippen molar-refractivity contribution in [3.63, 3.8) is 0 Å². The topological polar surface area (TPSA) is 76.4 Å². The van der Waals surface area contributed by atoms with Gasteiger partial charge in [0.2, 0.25) is 0 Å². The van der Waals surface area contributed by atoms with E-state index in [1.807, 2.05) is 32.0 Å². The highest BCUT2D eigenvalue weighted by Crippen LogP contribution is 2.18. The maximum atomic E-state index is 11.6. The quantitative estimate of drug-likeness (QED) is 0.839. The third kappa shape index (κ3) is 4.06. The summed E-state index contributed by atoms with van der Waals surface area (Å²) in [7, 11) is 0. The number of rotatable bonds is 6. The highest BCUT2D eigenvalue weighted by atomic mass is 16.5. The minimum Gasteiger partial charge on any atom is -0.471 e. The van der Waals surface area contributed by atoms with Gasteiger partial charge in [-0.3, -0.25) is 4.79 Å². The second-order valence-corrected chi connectivity index (χ2v) is 4.76. The molecule has 1 heterocycles. The van der Waals surface area contributed by atoms with Crippen molar-refractivity contribution in [3.05, 3.63) is 47.3 Å². The lowest BCUT2D eigenvalue weighted by molar-refractivity contribution is 0.0937. The summed E-state index contributed by atoms with van der Waals surface area (Å²) in [4.78, 5) is 11.6. The molecule has 1 aromatic carbocycles. The third-order valence-electron chi connectivity index (χ3n) is 2.95. The normalized spacial score (nSPS) is 10.4. The number of benzene rings is 1. The molecule has 0 radical (unpaired) electrons. The molecule has 0 aliphatic rings. The minimum absolute atomic E-state index is 0.0950. The second-order valence-electron chi connectivity index (χ2n) is 4.76. The molecule has 2 N–H and O–H groups in total. The average molecular weight is 289 g/mol. The van der Waals surface area contributed by atoms with Gasteiger partial charge in [-0.25, -0.2) is 4.68 Å². The summed E-state index contributed by atoms with van der Waals surface area (Å²) in [6.45, 7) is 4.37. The smallest absolute Gasteiger partial charge is 0.271 e. The largest absolute Gasteiger partial charge is 0.471 e. The first-order valence-corrected chi connectivity index (χ1v) is 6.72. The van der Waals surface area contributed by atoms with Crippen molar-refractivity contribution in [2.75, 3.05) is 13.2 Å². The van der Waals surface area contributed by atoms with Crippen LogP contribution in [0.4, 0.5) is 0 Å². The molecule has 0 fully saturated rings. The summed E-state index contributed by atoms with van der Waals surface area (Å²) in [5.74, 6) is 0.483. The lowest BCUT2D eigenvalue weighted by atomic mass is 10.1. The molecule has 0 spiro atoms. The number of hydrogen-bond acceptors (Lipinski definition) is 4. The molecule has 2 aromatic rings. The molecule has 6 nitrogen and oxygen atoms in total. The summed E-state index contributed by atoms with van der Waals surface area (Å²) in [5.41, 5.74) is 2.54. The van der Waals surface area contributed by atoms with E-state index in [2.05, 4.69) is 10.4 Å². The van der Waals surface area contributed by atoms with Crippen LogP contribution >= 0.6 is 0 Å². The molecule has 0 unspecified atom stereocenters. The maximum Gasteiger partial charge on any atom is 0.271 e. The van der Waals surface area contributed by atoms with Gasteiger partial charge in [-0.1, -0.05) is 17.7 Å². The van der Waals surface area contributed by atoms with Crippen molar-refractivity contribution in [2.45, 2.75) is 20.6 Å². The van der Waals surface area contributed by atoms with Gasteiger partial charge in [0.15, 0.2) is 6.73 Å². The molecule has 1 amide bonds. The Morgan fingerprint density at radius 3 is 2.90 bits per heavy atom. The van der Waals surface area contributed by atoms with Crippen molar-refractivity contribution < 1.29 is 14.6 Å². The molecule has 0 bridgehead atoms. The Labute approximate surface area is 123 Å². The van der Waals surface area contributed by atoms with Gasteiger partial charge in [0, 0.05) is 12.7 Å². The van der Waals surface area contributed by atoms with Crippen molar-refractivity contribution in [1.29, 1.82) is 0 Å². The van der Waals surface area contributed by atoms with E-state index in [-0.39, 0.29) is 25.8 Å². The van der Waals surface area contributed by atoms with Crippen LogP contribution in [0.3, 0.4) is 0 Å². The highest BCUT2D eigenvalue weighted by Gasteiger charge is 2.09. The Morgan fingerprint density at radius 1 is 1.38 bits per heavy atom. The van der Waals surface area contributed by atoms with Crippen LogP contribution in [-0.2, 0) is 6.73 Å². The molecule has 21 heavy (non-hydrogen) atoms. The molecule has 0 aliphatic heterocycles. The predicted molar refractivity (Wildman–Crippen MR) is 78.2 cm³/mol. The van der Waals surface area contributed by atoms with E-state index in [1.54, 1.807) is 16.9 Å². The van der Waals surface area contributed by atoms with Crippen LogP contribution in [0.1, 0.15) is 21.6 Å². The Balaban J connectivity index is 1.95. The maximum absolute atomic E-state index is 11.6. The molecule has 0 saturated heterocycles. The van der Waals surface area contributed by atoms with E-state index in [4.69, 9.17) is 9.84 Å². The first-order chi connectivity index (χ1) is 10.1. The second kappa shape index (κ2) is 6.90. The zero-order chi connectivity index (χ0) is 15.2. The molecular weight excluding hydrogens is 270 g/mol. The molecule has 0 aliphatic carbocycles. The van der Waals surface area contributed by atoms with E-state index in [0.29, 0.717) is 5.69 Å². The number of aromatic nitrogens is 2. The first kappa shape index (κ1) is 15.1. The standard InChI is InChI=1S/C15H19N3O3/c1-11-3-4-14(12(2)9-11)21-10-18-7-5-13(17-18)15(20)16-6-8-19/h3-5,7,9,19H,6,8,10H2,1-2H3,(H,16,20). The average Bonchev–Trinajstić information content (AvgIpc) is 2.93. The van der Waals surface area contributed by atoms with Crippen molar-refractivity contribution in [3.8, 4) is 5.75 Å². The fourth-order valence-corrected chi connectivity index (χ4v) is 1.91. The van der Waals surface area contributed by atoms with E-state index in [1.165, 1.54) is 5.56 Å². The molecule has 0 saturated carbocycles. The molecule has 1 aromatic heterocycles. The molecule has 112 valence electrons. The number of ether oxygens (including phenoxy) is 1. The van der Waals surface area contributed by atoms with Crippen LogP contribution in [0.2, 0.25) is 0 Å². The summed E-state index contributed by atoms with van der Waals surface area (Å²) in [5, 5.41) is 15.3. The number of aryl methyl sites for hydroxylation is 2. The van der Waals surface area contributed by atoms with Gasteiger partial charge in [0.05, 0.1) is 6.61 Å². The van der Waals surface area contributed by atoms with E-state index in [0.717, 1.165) is 11.3 Å². The van der Waals surface area contributed by atoms with Crippen LogP contribution in [0.5, 0.6) is 5.75 Å². The highest BCUT2D eigenvalue weighted by molar-refractivity contribution is 5.92. The SMILES string of the molecule is Cc1ccc(OCn2ccc(C(=O)NCCO)n2)c(C)c1. The first-order valence-electron chi connectivity index (χ1n) is 6.72. The monoisotopic (exact) mass is 289 g/mol. The van der Waals surface area contributed by atoms with Crippen LogP contribution in [0, 0.1) is 13.8 Å². The fourth-order valence-electron chi connectivity index (χ4n) is 1.91. The Hall–Kier alpha value is -2.34. The van der Waals surface area contributed by atoms with E-state index >= 15 is 0 Å². The number of nitrogens with zero attached hydrogens (tertiary/aromatic N) is 2. The van der Waals surface area contributed by atoms with Gasteiger partial charge in [-0.2, -0.15) is 5.10 Å². The van der Waals surface area contributed by atoms with Crippen LogP contribution in [0.25, 0.3) is 0 Å². The number of carbonyl (C=O) groups is 1. The van der Waals surface area contributed by atoms with Gasteiger partial charge < -0.3 is 15.2 Å². The summed E-state index contributed by atoms with van der Waals surface area (Å²) in [6.07, 6.45) is 1.68. The molecular formula is C15H19N3O3. The van der Waals surface area contributed by atoms with Gasteiger partial charge in [-0.15, -0.1) is 0 Å². The third-order valence-corrected chi connectivity index (χ3v) is 2.95. The fraction of sp³-hybridized carbons (Fsp3) is 0.333. The van der Waals surface area contributed by atoms with E-state index in [9.17, 15) is 4.79 Å². The summed E-state index contributed by atoms with van der Waals surface area (Å²) >= 11 is 0. The van der Waals surface area contributed by atoms with Gasteiger partial charge in [0.1, 0.15) is 11.4 Å². The Bertz CT molecular complexity index is 622. The number of amides is 1. The van der Waals surface area contributed by atoms with Crippen molar-refractivity contribution in [1.82, 2.24) is 15.1 Å². The van der Waals surface area contributed by atoms with Crippen molar-refractivity contribution >= 4 is 5.91 Å². The zero-order valence-electron chi connectivity index (χ0n) is 12.2. The summed E-state index contributed by atoms with van der Waals surface area (Å²) in [6, 6.07) is 7.56. The van der Waals surface area contributed by atoms with Gasteiger partial charge in [0.25, 0.3) is 5.91 Å². The van der Waals surface area contributed by atoms with E-state index < -0.39 is 0 Å². The molecule has 2 rings (SSSR count). The van der Waals surface area contributed by atoms with Gasteiger partial charge >= 0.3 is 0 Å². The van der Waals surface area contributed by atoms with Gasteiger partial charge in [-0.05, 0) is 31.5 Å². The lowest BCUT2D eigenvalue weighted by Gasteiger charge is -2.09. The number of aliphatic hydroxyl groups is 1. The number of carbonyl (C=O) groups excluding carboxylic acids is 1. The molecule has 6 heteroatoms. The predicted octanol–water partition coefficient (Wildman–Crippen LogP) is 1.26. The lowest BCUT2D eigenvalue weighted by Crippen LogP contribution is -2.26. The van der Waals surface area contributed by atoms with Crippen LogP contribution < -0.4 is 10.1 Å². The minimum atomic E-state index is -0.311. The number of aliphatic hydroxyl groups excluding tert-OH is 1. The van der Waals surface area contributed by atoms with Crippen molar-refractivity contribution in [2.24, 2.45) is 0 Å². The molecule has 0 atom stereocenters. The zero-order valence-corrected chi connectivity index (χ0v) is 12.2. The Kier molecular flexibility index (Phi) is 4.94. The van der Waals surface area contributed by atoms with Crippen LogP contribution in [0.15, 0.2) is 30.5 Å². The number of nitrogens with one attached hydrogen (secondary N) is 1. The number of hydrogen-bond donors (Lipinski definition) is 2. The van der Waals surface area contributed by atoms with Crippen LogP contribution in [-0.4, -0.2) is 33.9 Å².